The standard InChI is InChI=1S/C18H26N2O/c21-18(19-17-8-4-5-9-17)20-12-10-16(11-13-20)14-15-6-2-1-3-7-15/h1-3,6-7,16-17H,4-5,8-14H2,(H,19,21). The van der Waals surface area contributed by atoms with Crippen LogP contribution in [-0.4, -0.2) is 30.1 Å². The van der Waals surface area contributed by atoms with Crippen LogP contribution in [0, 0.1) is 5.92 Å². The third-order valence-electron chi connectivity index (χ3n) is 4.95. The predicted octanol–water partition coefficient (Wildman–Crippen LogP) is 3.59. The first-order chi connectivity index (χ1) is 10.3. The van der Waals surface area contributed by atoms with E-state index < -0.39 is 0 Å². The maximum atomic E-state index is 12.2. The lowest BCUT2D eigenvalue weighted by atomic mass is 9.90. The normalized spacial score (nSPS) is 20.7. The Labute approximate surface area is 127 Å². The minimum atomic E-state index is 0.167. The molecule has 0 spiro atoms. The molecule has 1 aromatic rings. The summed E-state index contributed by atoms with van der Waals surface area (Å²) in [7, 11) is 0. The van der Waals surface area contributed by atoms with Gasteiger partial charge < -0.3 is 10.2 Å². The second-order valence-corrected chi connectivity index (χ2v) is 6.55. The summed E-state index contributed by atoms with van der Waals surface area (Å²) in [5.41, 5.74) is 1.42. The zero-order valence-corrected chi connectivity index (χ0v) is 12.8. The van der Waals surface area contributed by atoms with Gasteiger partial charge in [-0.3, -0.25) is 0 Å². The van der Waals surface area contributed by atoms with Gasteiger partial charge in [-0.15, -0.1) is 0 Å². The van der Waals surface area contributed by atoms with E-state index in [4.69, 9.17) is 0 Å². The van der Waals surface area contributed by atoms with Crippen molar-refractivity contribution >= 4 is 6.03 Å². The number of benzene rings is 1. The highest BCUT2D eigenvalue weighted by Crippen LogP contribution is 2.22. The Morgan fingerprint density at radius 3 is 2.38 bits per heavy atom. The van der Waals surface area contributed by atoms with Gasteiger partial charge in [0.15, 0.2) is 0 Å². The Morgan fingerprint density at radius 2 is 1.71 bits per heavy atom. The summed E-state index contributed by atoms with van der Waals surface area (Å²) in [6.07, 6.45) is 8.28. The molecule has 0 unspecified atom stereocenters. The van der Waals surface area contributed by atoms with Crippen molar-refractivity contribution in [2.75, 3.05) is 13.1 Å². The van der Waals surface area contributed by atoms with Gasteiger partial charge in [0.25, 0.3) is 0 Å². The summed E-state index contributed by atoms with van der Waals surface area (Å²) in [4.78, 5) is 14.2. The van der Waals surface area contributed by atoms with E-state index >= 15 is 0 Å². The molecule has 0 radical (unpaired) electrons. The summed E-state index contributed by atoms with van der Waals surface area (Å²) in [5.74, 6) is 0.725. The highest BCUT2D eigenvalue weighted by molar-refractivity contribution is 5.74. The van der Waals surface area contributed by atoms with Crippen LogP contribution >= 0.6 is 0 Å². The molecule has 2 fully saturated rings. The summed E-state index contributed by atoms with van der Waals surface area (Å²) in [6.45, 7) is 1.83. The molecule has 2 amide bonds. The molecule has 1 aromatic carbocycles. The Hall–Kier alpha value is -1.51. The molecule has 1 N–H and O–H groups in total. The van der Waals surface area contributed by atoms with Crippen LogP contribution in [0.4, 0.5) is 4.79 Å². The number of piperidine rings is 1. The predicted molar refractivity (Wildman–Crippen MR) is 85.2 cm³/mol. The van der Waals surface area contributed by atoms with Crippen LogP contribution in [0.15, 0.2) is 30.3 Å². The molecular weight excluding hydrogens is 260 g/mol. The number of carbonyl (C=O) groups excluding carboxylic acids is 1. The summed E-state index contributed by atoms with van der Waals surface area (Å²) in [5, 5.41) is 3.20. The van der Waals surface area contributed by atoms with Crippen molar-refractivity contribution in [1.29, 1.82) is 0 Å². The SMILES string of the molecule is O=C(NC1CCCC1)N1CCC(Cc2ccccc2)CC1. The van der Waals surface area contributed by atoms with Crippen molar-refractivity contribution in [3.8, 4) is 0 Å². The van der Waals surface area contributed by atoms with Crippen molar-refractivity contribution in [1.82, 2.24) is 10.2 Å². The molecule has 0 aromatic heterocycles. The van der Waals surface area contributed by atoms with E-state index in [9.17, 15) is 4.79 Å². The van der Waals surface area contributed by atoms with Gasteiger partial charge >= 0.3 is 6.03 Å². The molecule has 3 rings (SSSR count). The number of likely N-dealkylation sites (tertiary alicyclic amines) is 1. The highest BCUT2D eigenvalue weighted by atomic mass is 16.2. The Bertz CT molecular complexity index is 446. The van der Waals surface area contributed by atoms with Crippen LogP contribution in [0.1, 0.15) is 44.1 Å². The quantitative estimate of drug-likeness (QED) is 0.905. The molecule has 114 valence electrons. The number of hydrogen-bond acceptors (Lipinski definition) is 1. The number of carbonyl (C=O) groups is 1. The van der Waals surface area contributed by atoms with E-state index in [1.54, 1.807) is 0 Å². The fourth-order valence-corrected chi connectivity index (χ4v) is 3.62. The van der Waals surface area contributed by atoms with E-state index in [1.807, 2.05) is 4.90 Å². The maximum absolute atomic E-state index is 12.2. The lowest BCUT2D eigenvalue weighted by Gasteiger charge is -2.33. The number of hydrogen-bond donors (Lipinski definition) is 1. The van der Waals surface area contributed by atoms with Gasteiger partial charge in [-0.1, -0.05) is 43.2 Å². The van der Waals surface area contributed by atoms with Gasteiger partial charge in [-0.05, 0) is 43.6 Å². The largest absolute Gasteiger partial charge is 0.335 e. The van der Waals surface area contributed by atoms with Crippen LogP contribution in [-0.2, 0) is 6.42 Å². The van der Waals surface area contributed by atoms with E-state index in [1.165, 1.54) is 18.4 Å². The first-order valence-corrected chi connectivity index (χ1v) is 8.40. The Balaban J connectivity index is 1.43. The smallest absolute Gasteiger partial charge is 0.317 e. The summed E-state index contributed by atoms with van der Waals surface area (Å²) < 4.78 is 0. The fraction of sp³-hybridized carbons (Fsp3) is 0.611. The lowest BCUT2D eigenvalue weighted by Crippen LogP contribution is -2.47. The molecule has 1 saturated carbocycles. The third kappa shape index (κ3) is 3.99. The minimum absolute atomic E-state index is 0.167. The van der Waals surface area contributed by atoms with Crippen molar-refractivity contribution in [3.63, 3.8) is 0 Å². The zero-order chi connectivity index (χ0) is 14.5. The van der Waals surface area contributed by atoms with Gasteiger partial charge in [0.2, 0.25) is 0 Å². The van der Waals surface area contributed by atoms with Gasteiger partial charge in [0.1, 0.15) is 0 Å². The van der Waals surface area contributed by atoms with Crippen LogP contribution in [0.25, 0.3) is 0 Å². The van der Waals surface area contributed by atoms with Crippen LogP contribution in [0.2, 0.25) is 0 Å². The summed E-state index contributed by atoms with van der Waals surface area (Å²) in [6, 6.07) is 11.3. The molecule has 2 aliphatic rings. The number of urea groups is 1. The van der Waals surface area contributed by atoms with E-state index in [-0.39, 0.29) is 6.03 Å². The van der Waals surface area contributed by atoms with Crippen molar-refractivity contribution in [3.05, 3.63) is 35.9 Å². The first-order valence-electron chi connectivity index (χ1n) is 8.40. The van der Waals surface area contributed by atoms with Crippen molar-refractivity contribution < 1.29 is 4.79 Å². The number of rotatable bonds is 3. The number of nitrogens with one attached hydrogen (secondary N) is 1. The minimum Gasteiger partial charge on any atom is -0.335 e. The molecule has 1 saturated heterocycles. The van der Waals surface area contributed by atoms with E-state index in [2.05, 4.69) is 35.6 Å². The molecule has 3 nitrogen and oxygen atoms in total. The average molecular weight is 286 g/mol. The van der Waals surface area contributed by atoms with Crippen molar-refractivity contribution in [2.24, 2.45) is 5.92 Å². The Kier molecular flexibility index (Phi) is 4.79. The first kappa shape index (κ1) is 14.4. The van der Waals surface area contributed by atoms with Crippen molar-refractivity contribution in [2.45, 2.75) is 51.0 Å². The van der Waals surface area contributed by atoms with Gasteiger partial charge in [-0.2, -0.15) is 0 Å². The monoisotopic (exact) mass is 286 g/mol. The third-order valence-corrected chi connectivity index (χ3v) is 4.95. The van der Waals surface area contributed by atoms with Gasteiger partial charge in [-0.25, -0.2) is 4.79 Å². The van der Waals surface area contributed by atoms with Crippen LogP contribution in [0.5, 0.6) is 0 Å². The molecule has 21 heavy (non-hydrogen) atoms. The fourth-order valence-electron chi connectivity index (χ4n) is 3.62. The average Bonchev–Trinajstić information content (AvgIpc) is 3.02. The maximum Gasteiger partial charge on any atom is 0.317 e. The molecule has 1 aliphatic carbocycles. The zero-order valence-electron chi connectivity index (χ0n) is 12.8. The van der Waals surface area contributed by atoms with Gasteiger partial charge in [0, 0.05) is 19.1 Å². The molecular formula is C18H26N2O. The molecule has 3 heteroatoms. The topological polar surface area (TPSA) is 32.3 Å². The summed E-state index contributed by atoms with van der Waals surface area (Å²) >= 11 is 0. The van der Waals surface area contributed by atoms with Crippen LogP contribution < -0.4 is 5.32 Å². The molecule has 1 heterocycles. The number of amides is 2. The second kappa shape index (κ2) is 6.97. The molecule has 0 bridgehead atoms. The van der Waals surface area contributed by atoms with Gasteiger partial charge in [0.05, 0.1) is 0 Å². The molecule has 0 atom stereocenters. The second-order valence-electron chi connectivity index (χ2n) is 6.55. The van der Waals surface area contributed by atoms with Crippen LogP contribution in [0.3, 0.4) is 0 Å². The number of nitrogens with zero attached hydrogens (tertiary/aromatic N) is 1. The Morgan fingerprint density at radius 1 is 1.05 bits per heavy atom. The molecule has 1 aliphatic heterocycles. The van der Waals surface area contributed by atoms with E-state index in [0.717, 1.165) is 51.1 Å². The highest BCUT2D eigenvalue weighted by Gasteiger charge is 2.25. The lowest BCUT2D eigenvalue weighted by molar-refractivity contribution is 0.167. The van der Waals surface area contributed by atoms with E-state index in [0.29, 0.717) is 6.04 Å².